The van der Waals surface area contributed by atoms with Gasteiger partial charge in [0, 0.05) is 30.1 Å². The van der Waals surface area contributed by atoms with Gasteiger partial charge >= 0.3 is 0 Å². The number of hydrogen-bond acceptors (Lipinski definition) is 5. The van der Waals surface area contributed by atoms with Crippen molar-refractivity contribution in [2.45, 2.75) is 26.2 Å². The molecule has 0 saturated heterocycles. The highest BCUT2D eigenvalue weighted by molar-refractivity contribution is 5.94. The number of carbonyl (C=O) groups is 1. The molecule has 0 fully saturated rings. The molecular weight excluding hydrogens is 306 g/mol. The fourth-order valence-electron chi connectivity index (χ4n) is 2.44. The SMILES string of the molecule is CCCCCNC(=O)c1ccnc(Nc2ccc3c(c2)OCO3)c1. The second kappa shape index (κ2) is 7.68. The molecular formula is C18H21N3O3. The lowest BCUT2D eigenvalue weighted by Gasteiger charge is -2.09. The van der Waals surface area contributed by atoms with Crippen LogP contribution in [0.1, 0.15) is 36.5 Å². The van der Waals surface area contributed by atoms with Crippen molar-refractivity contribution in [2.75, 3.05) is 18.7 Å². The fourth-order valence-corrected chi connectivity index (χ4v) is 2.44. The lowest BCUT2D eigenvalue weighted by molar-refractivity contribution is 0.0953. The van der Waals surface area contributed by atoms with Crippen molar-refractivity contribution in [1.29, 1.82) is 0 Å². The zero-order valence-corrected chi connectivity index (χ0v) is 13.7. The predicted molar refractivity (Wildman–Crippen MR) is 91.9 cm³/mol. The van der Waals surface area contributed by atoms with Crippen molar-refractivity contribution in [1.82, 2.24) is 10.3 Å². The summed E-state index contributed by atoms with van der Waals surface area (Å²) in [4.78, 5) is 16.4. The van der Waals surface area contributed by atoms with Crippen LogP contribution >= 0.6 is 0 Å². The highest BCUT2D eigenvalue weighted by Crippen LogP contribution is 2.34. The van der Waals surface area contributed by atoms with Crippen LogP contribution in [0.15, 0.2) is 36.5 Å². The minimum atomic E-state index is -0.0813. The quantitative estimate of drug-likeness (QED) is 0.762. The molecule has 2 aromatic rings. The minimum Gasteiger partial charge on any atom is -0.454 e. The first-order chi connectivity index (χ1) is 11.8. The van der Waals surface area contributed by atoms with Crippen molar-refractivity contribution >= 4 is 17.4 Å². The normalized spacial score (nSPS) is 12.0. The molecule has 0 aliphatic carbocycles. The maximum Gasteiger partial charge on any atom is 0.251 e. The Morgan fingerprint density at radius 2 is 2.04 bits per heavy atom. The van der Waals surface area contributed by atoms with Crippen LogP contribution in [-0.2, 0) is 0 Å². The molecule has 1 aromatic heterocycles. The third-order valence-corrected chi connectivity index (χ3v) is 3.73. The Morgan fingerprint density at radius 3 is 2.92 bits per heavy atom. The van der Waals surface area contributed by atoms with Crippen LogP contribution in [0, 0.1) is 0 Å². The standard InChI is InChI=1S/C18H21N3O3/c1-2-3-4-8-20-18(22)13-7-9-19-17(10-13)21-14-5-6-15-16(11-14)24-12-23-15/h5-7,9-11H,2-4,8,12H2,1H3,(H,19,21)(H,20,22). The van der Waals surface area contributed by atoms with Crippen LogP contribution in [-0.4, -0.2) is 24.2 Å². The highest BCUT2D eigenvalue weighted by atomic mass is 16.7. The van der Waals surface area contributed by atoms with E-state index in [-0.39, 0.29) is 12.7 Å². The van der Waals surface area contributed by atoms with E-state index in [4.69, 9.17) is 9.47 Å². The Labute approximate surface area is 141 Å². The molecule has 0 unspecified atom stereocenters. The number of nitrogens with one attached hydrogen (secondary N) is 2. The number of ether oxygens (including phenoxy) is 2. The first-order valence-corrected chi connectivity index (χ1v) is 8.17. The maximum absolute atomic E-state index is 12.2. The molecule has 0 radical (unpaired) electrons. The predicted octanol–water partition coefficient (Wildman–Crippen LogP) is 3.47. The molecule has 24 heavy (non-hydrogen) atoms. The molecule has 1 aliphatic rings. The molecule has 6 nitrogen and oxygen atoms in total. The second-order valence-corrected chi connectivity index (χ2v) is 5.59. The average Bonchev–Trinajstić information content (AvgIpc) is 3.06. The van der Waals surface area contributed by atoms with E-state index in [9.17, 15) is 4.79 Å². The zero-order chi connectivity index (χ0) is 16.8. The van der Waals surface area contributed by atoms with Crippen molar-refractivity contribution < 1.29 is 14.3 Å². The Kier molecular flexibility index (Phi) is 5.15. The van der Waals surface area contributed by atoms with Gasteiger partial charge in [-0.15, -0.1) is 0 Å². The molecule has 0 atom stereocenters. The summed E-state index contributed by atoms with van der Waals surface area (Å²) in [6, 6.07) is 9.02. The summed E-state index contributed by atoms with van der Waals surface area (Å²) in [6.07, 6.45) is 4.87. The number of anilines is 2. The largest absolute Gasteiger partial charge is 0.454 e. The van der Waals surface area contributed by atoms with Crippen LogP contribution in [0.25, 0.3) is 0 Å². The van der Waals surface area contributed by atoms with Gasteiger partial charge in [-0.05, 0) is 30.7 Å². The number of fused-ring (bicyclic) bond motifs is 1. The number of aromatic nitrogens is 1. The third kappa shape index (κ3) is 3.95. The molecule has 3 rings (SSSR count). The fraction of sp³-hybridized carbons (Fsp3) is 0.333. The van der Waals surface area contributed by atoms with Gasteiger partial charge in [0.2, 0.25) is 6.79 Å². The summed E-state index contributed by atoms with van der Waals surface area (Å²) >= 11 is 0. The van der Waals surface area contributed by atoms with E-state index in [1.54, 1.807) is 18.3 Å². The van der Waals surface area contributed by atoms with E-state index < -0.39 is 0 Å². The minimum absolute atomic E-state index is 0.0813. The summed E-state index contributed by atoms with van der Waals surface area (Å²) in [5, 5.41) is 6.11. The van der Waals surface area contributed by atoms with E-state index in [1.807, 2.05) is 18.2 Å². The summed E-state index contributed by atoms with van der Waals surface area (Å²) in [5.74, 6) is 1.95. The Bertz CT molecular complexity index is 718. The van der Waals surface area contributed by atoms with Crippen molar-refractivity contribution in [3.05, 3.63) is 42.1 Å². The Balaban J connectivity index is 1.63. The molecule has 2 N–H and O–H groups in total. The number of unbranched alkanes of at least 4 members (excludes halogenated alkanes) is 2. The molecule has 0 bridgehead atoms. The number of nitrogens with zero attached hydrogens (tertiary/aromatic N) is 1. The molecule has 6 heteroatoms. The number of benzene rings is 1. The van der Waals surface area contributed by atoms with E-state index in [2.05, 4.69) is 22.5 Å². The van der Waals surface area contributed by atoms with E-state index in [0.717, 1.165) is 30.7 Å². The maximum atomic E-state index is 12.2. The lowest BCUT2D eigenvalue weighted by Crippen LogP contribution is -2.24. The molecule has 1 amide bonds. The van der Waals surface area contributed by atoms with Gasteiger partial charge in [0.05, 0.1) is 0 Å². The second-order valence-electron chi connectivity index (χ2n) is 5.59. The van der Waals surface area contributed by atoms with Crippen molar-refractivity contribution in [3.63, 3.8) is 0 Å². The Morgan fingerprint density at radius 1 is 1.17 bits per heavy atom. The summed E-state index contributed by atoms with van der Waals surface area (Å²) < 4.78 is 10.6. The van der Waals surface area contributed by atoms with Crippen LogP contribution in [0.4, 0.5) is 11.5 Å². The third-order valence-electron chi connectivity index (χ3n) is 3.73. The van der Waals surface area contributed by atoms with Crippen LogP contribution in [0.5, 0.6) is 11.5 Å². The van der Waals surface area contributed by atoms with Crippen molar-refractivity contribution in [3.8, 4) is 11.5 Å². The van der Waals surface area contributed by atoms with Gasteiger partial charge < -0.3 is 20.1 Å². The summed E-state index contributed by atoms with van der Waals surface area (Å²) in [5.41, 5.74) is 1.41. The average molecular weight is 327 g/mol. The number of rotatable bonds is 7. The van der Waals surface area contributed by atoms with Gasteiger partial charge in [-0.25, -0.2) is 4.98 Å². The van der Waals surface area contributed by atoms with Gasteiger partial charge in [-0.1, -0.05) is 19.8 Å². The number of amides is 1. The number of carbonyl (C=O) groups excluding carboxylic acids is 1. The van der Waals surface area contributed by atoms with Gasteiger partial charge in [-0.2, -0.15) is 0 Å². The Hall–Kier alpha value is -2.76. The van der Waals surface area contributed by atoms with E-state index >= 15 is 0 Å². The van der Waals surface area contributed by atoms with E-state index in [0.29, 0.717) is 23.7 Å². The van der Waals surface area contributed by atoms with Gasteiger partial charge in [0.1, 0.15) is 5.82 Å². The van der Waals surface area contributed by atoms with Crippen LogP contribution in [0.3, 0.4) is 0 Å². The molecule has 126 valence electrons. The first-order valence-electron chi connectivity index (χ1n) is 8.17. The van der Waals surface area contributed by atoms with Crippen molar-refractivity contribution in [2.24, 2.45) is 0 Å². The molecule has 0 saturated carbocycles. The van der Waals surface area contributed by atoms with Gasteiger partial charge in [-0.3, -0.25) is 4.79 Å². The van der Waals surface area contributed by atoms with Gasteiger partial charge in [0.25, 0.3) is 5.91 Å². The molecule has 2 heterocycles. The smallest absolute Gasteiger partial charge is 0.251 e. The monoisotopic (exact) mass is 327 g/mol. The molecule has 1 aromatic carbocycles. The van der Waals surface area contributed by atoms with Crippen LogP contribution in [0.2, 0.25) is 0 Å². The zero-order valence-electron chi connectivity index (χ0n) is 13.7. The lowest BCUT2D eigenvalue weighted by atomic mass is 10.2. The summed E-state index contributed by atoms with van der Waals surface area (Å²) in [6.45, 7) is 3.07. The highest BCUT2D eigenvalue weighted by Gasteiger charge is 2.13. The first kappa shape index (κ1) is 16.1. The number of pyridine rings is 1. The van der Waals surface area contributed by atoms with Crippen LogP contribution < -0.4 is 20.1 Å². The molecule has 0 spiro atoms. The summed E-state index contributed by atoms with van der Waals surface area (Å²) in [7, 11) is 0. The molecule has 1 aliphatic heterocycles. The van der Waals surface area contributed by atoms with Gasteiger partial charge in [0.15, 0.2) is 11.5 Å². The number of hydrogen-bond donors (Lipinski definition) is 2. The van der Waals surface area contributed by atoms with E-state index in [1.165, 1.54) is 0 Å². The topological polar surface area (TPSA) is 72.5 Å².